The van der Waals surface area contributed by atoms with E-state index in [4.69, 9.17) is 0 Å². The number of benzene rings is 1. The van der Waals surface area contributed by atoms with Crippen molar-refractivity contribution in [2.45, 2.75) is 18.9 Å². The summed E-state index contributed by atoms with van der Waals surface area (Å²) < 4.78 is 0. The molecule has 0 spiro atoms. The highest BCUT2D eigenvalue weighted by atomic mass is 32.1. The molecule has 4 rings (SSSR count). The topological polar surface area (TPSA) is 95.3 Å². The number of aromatic hydroxyl groups is 2. The molecule has 1 aliphatic carbocycles. The quantitative estimate of drug-likeness (QED) is 0.673. The SMILES string of the molecule is O=C(NC1CCc2ccccc21)c1nc(-c2cccs2)nc(O)c1O. The number of aryl methyl sites for hydroxylation is 1. The van der Waals surface area contributed by atoms with Crippen molar-refractivity contribution >= 4 is 17.2 Å². The molecule has 1 aliphatic rings. The number of thiophene rings is 1. The minimum Gasteiger partial charge on any atom is -0.501 e. The van der Waals surface area contributed by atoms with Crippen LogP contribution in [0.5, 0.6) is 11.6 Å². The fourth-order valence-electron chi connectivity index (χ4n) is 3.05. The minimum absolute atomic E-state index is 0.134. The molecular weight excluding hydrogens is 338 g/mol. The lowest BCUT2D eigenvalue weighted by Crippen LogP contribution is -2.28. The summed E-state index contributed by atoms with van der Waals surface area (Å²) in [7, 11) is 0. The van der Waals surface area contributed by atoms with Gasteiger partial charge in [0.2, 0.25) is 5.75 Å². The van der Waals surface area contributed by atoms with Crippen LogP contribution >= 0.6 is 11.3 Å². The number of fused-ring (bicyclic) bond motifs is 1. The summed E-state index contributed by atoms with van der Waals surface area (Å²) in [4.78, 5) is 21.3. The van der Waals surface area contributed by atoms with Crippen molar-refractivity contribution in [2.24, 2.45) is 0 Å². The number of nitrogens with zero attached hydrogens (tertiary/aromatic N) is 2. The van der Waals surface area contributed by atoms with Crippen LogP contribution in [0.3, 0.4) is 0 Å². The second-order valence-electron chi connectivity index (χ2n) is 5.81. The van der Waals surface area contributed by atoms with Crippen LogP contribution in [0.25, 0.3) is 10.7 Å². The van der Waals surface area contributed by atoms with Crippen molar-refractivity contribution in [3.63, 3.8) is 0 Å². The Kier molecular flexibility index (Phi) is 3.85. The standard InChI is InChI=1S/C18H15N3O3S/c22-15-14(20-16(21-18(15)24)13-6-3-9-25-13)17(23)19-12-8-7-10-4-1-2-5-11(10)12/h1-6,9,12,22H,7-8H2,(H,19,23)(H,20,21,24). The summed E-state index contributed by atoms with van der Waals surface area (Å²) in [5.74, 6) is -1.53. The summed E-state index contributed by atoms with van der Waals surface area (Å²) in [5, 5.41) is 24.6. The van der Waals surface area contributed by atoms with Gasteiger partial charge in [-0.3, -0.25) is 4.79 Å². The Balaban J connectivity index is 1.64. The van der Waals surface area contributed by atoms with Gasteiger partial charge in [-0.1, -0.05) is 30.3 Å². The van der Waals surface area contributed by atoms with E-state index in [0.29, 0.717) is 4.88 Å². The molecule has 1 unspecified atom stereocenters. The summed E-state index contributed by atoms with van der Waals surface area (Å²) >= 11 is 1.39. The first-order chi connectivity index (χ1) is 12.1. The molecule has 1 atom stereocenters. The lowest BCUT2D eigenvalue weighted by atomic mass is 10.1. The summed E-state index contributed by atoms with van der Waals surface area (Å²) in [6, 6.07) is 11.4. The second kappa shape index (κ2) is 6.18. The van der Waals surface area contributed by atoms with Gasteiger partial charge < -0.3 is 15.5 Å². The third-order valence-corrected chi connectivity index (χ3v) is 5.13. The summed E-state index contributed by atoms with van der Waals surface area (Å²) in [6.45, 7) is 0. The first kappa shape index (κ1) is 15.6. The van der Waals surface area contributed by atoms with Crippen LogP contribution in [0.15, 0.2) is 41.8 Å². The van der Waals surface area contributed by atoms with Gasteiger partial charge in [0.05, 0.1) is 10.9 Å². The lowest BCUT2D eigenvalue weighted by molar-refractivity contribution is 0.0927. The Morgan fingerprint density at radius 2 is 2.00 bits per heavy atom. The van der Waals surface area contributed by atoms with E-state index in [1.54, 1.807) is 6.07 Å². The molecular formula is C18H15N3O3S. The molecule has 3 N–H and O–H groups in total. The molecule has 25 heavy (non-hydrogen) atoms. The zero-order valence-corrected chi connectivity index (χ0v) is 14.0. The predicted octanol–water partition coefficient (Wildman–Crippen LogP) is 3.03. The summed E-state index contributed by atoms with van der Waals surface area (Å²) in [5.41, 5.74) is 2.06. The van der Waals surface area contributed by atoms with Crippen molar-refractivity contribution in [3.8, 4) is 22.3 Å². The normalized spacial score (nSPS) is 15.8. The monoisotopic (exact) mass is 353 g/mol. The van der Waals surface area contributed by atoms with Crippen LogP contribution in [-0.2, 0) is 6.42 Å². The Hall–Kier alpha value is -2.93. The average Bonchev–Trinajstić information content (AvgIpc) is 3.28. The number of carbonyl (C=O) groups excluding carboxylic acids is 1. The molecule has 0 radical (unpaired) electrons. The van der Waals surface area contributed by atoms with Crippen molar-refractivity contribution < 1.29 is 15.0 Å². The molecule has 0 fully saturated rings. The van der Waals surface area contributed by atoms with Gasteiger partial charge in [0, 0.05) is 0 Å². The Labute approximate surface area is 147 Å². The number of amides is 1. The van der Waals surface area contributed by atoms with Gasteiger partial charge >= 0.3 is 0 Å². The molecule has 2 heterocycles. The molecule has 3 aromatic rings. The Morgan fingerprint density at radius 1 is 1.16 bits per heavy atom. The number of aromatic nitrogens is 2. The molecule has 7 heteroatoms. The predicted molar refractivity (Wildman–Crippen MR) is 93.6 cm³/mol. The first-order valence-electron chi connectivity index (χ1n) is 7.86. The van der Waals surface area contributed by atoms with E-state index < -0.39 is 17.5 Å². The van der Waals surface area contributed by atoms with Crippen LogP contribution in [0, 0.1) is 0 Å². The van der Waals surface area contributed by atoms with Crippen molar-refractivity contribution in [2.75, 3.05) is 0 Å². The molecule has 1 aromatic carbocycles. The van der Waals surface area contributed by atoms with E-state index in [0.717, 1.165) is 18.4 Å². The lowest BCUT2D eigenvalue weighted by Gasteiger charge is -2.14. The summed E-state index contributed by atoms with van der Waals surface area (Å²) in [6.07, 6.45) is 1.68. The van der Waals surface area contributed by atoms with Gasteiger partial charge in [0.25, 0.3) is 11.8 Å². The van der Waals surface area contributed by atoms with Gasteiger partial charge in [-0.25, -0.2) is 4.98 Å². The smallest absolute Gasteiger partial charge is 0.274 e. The number of hydrogen-bond acceptors (Lipinski definition) is 6. The maximum atomic E-state index is 12.6. The zero-order chi connectivity index (χ0) is 17.4. The fraction of sp³-hybridized carbons (Fsp3) is 0.167. The number of carbonyl (C=O) groups is 1. The van der Waals surface area contributed by atoms with Gasteiger partial charge in [-0.2, -0.15) is 4.98 Å². The molecule has 0 saturated heterocycles. The Morgan fingerprint density at radius 3 is 2.80 bits per heavy atom. The van der Waals surface area contributed by atoms with E-state index in [-0.39, 0.29) is 17.6 Å². The molecule has 126 valence electrons. The zero-order valence-electron chi connectivity index (χ0n) is 13.1. The van der Waals surface area contributed by atoms with E-state index in [1.165, 1.54) is 16.9 Å². The van der Waals surface area contributed by atoms with E-state index in [9.17, 15) is 15.0 Å². The Bertz CT molecular complexity index is 941. The molecule has 6 nitrogen and oxygen atoms in total. The van der Waals surface area contributed by atoms with Crippen LogP contribution in [0.1, 0.15) is 34.1 Å². The largest absolute Gasteiger partial charge is 0.501 e. The molecule has 1 amide bonds. The highest BCUT2D eigenvalue weighted by Crippen LogP contribution is 2.33. The van der Waals surface area contributed by atoms with Gasteiger partial charge in [-0.15, -0.1) is 11.3 Å². The first-order valence-corrected chi connectivity index (χ1v) is 8.74. The number of hydrogen-bond donors (Lipinski definition) is 3. The van der Waals surface area contributed by atoms with Gasteiger partial charge in [0.15, 0.2) is 11.5 Å². The van der Waals surface area contributed by atoms with Crippen LogP contribution in [0.4, 0.5) is 0 Å². The molecule has 0 saturated carbocycles. The van der Waals surface area contributed by atoms with Crippen LogP contribution < -0.4 is 5.32 Å². The number of rotatable bonds is 3. The van der Waals surface area contributed by atoms with Crippen molar-refractivity contribution in [1.82, 2.24) is 15.3 Å². The third-order valence-electron chi connectivity index (χ3n) is 4.26. The fourth-order valence-corrected chi connectivity index (χ4v) is 3.71. The van der Waals surface area contributed by atoms with Crippen molar-refractivity contribution in [1.29, 1.82) is 0 Å². The third kappa shape index (κ3) is 2.83. The molecule has 2 aromatic heterocycles. The molecule has 0 bridgehead atoms. The van der Waals surface area contributed by atoms with E-state index in [1.807, 2.05) is 35.7 Å². The van der Waals surface area contributed by atoms with Crippen LogP contribution in [0.2, 0.25) is 0 Å². The van der Waals surface area contributed by atoms with Gasteiger partial charge in [-0.05, 0) is 35.4 Å². The van der Waals surface area contributed by atoms with Crippen molar-refractivity contribution in [3.05, 3.63) is 58.6 Å². The minimum atomic E-state index is -0.607. The van der Waals surface area contributed by atoms with E-state index in [2.05, 4.69) is 15.3 Å². The highest BCUT2D eigenvalue weighted by Gasteiger charge is 2.27. The average molecular weight is 353 g/mol. The maximum absolute atomic E-state index is 12.6. The second-order valence-corrected chi connectivity index (χ2v) is 6.76. The number of nitrogens with one attached hydrogen (secondary N) is 1. The van der Waals surface area contributed by atoms with Gasteiger partial charge in [0.1, 0.15) is 0 Å². The maximum Gasteiger partial charge on any atom is 0.274 e. The van der Waals surface area contributed by atoms with Crippen LogP contribution in [-0.4, -0.2) is 26.1 Å². The highest BCUT2D eigenvalue weighted by molar-refractivity contribution is 7.13. The molecule has 0 aliphatic heterocycles. The van der Waals surface area contributed by atoms with E-state index >= 15 is 0 Å².